The molecule has 0 bridgehead atoms. The molecule has 0 aromatic heterocycles. The smallest absolute Gasteiger partial charge is 0.0586 e. The lowest BCUT2D eigenvalue weighted by atomic mass is 9.79. The zero-order valence-corrected chi connectivity index (χ0v) is 13.7. The molecule has 118 valence electrons. The Morgan fingerprint density at radius 2 is 2.05 bits per heavy atom. The van der Waals surface area contributed by atoms with Crippen molar-refractivity contribution in [3.05, 3.63) is 35.9 Å². The fraction of sp³-hybridized carbons (Fsp3) is 0.667. The van der Waals surface area contributed by atoms with Gasteiger partial charge >= 0.3 is 0 Å². The summed E-state index contributed by atoms with van der Waals surface area (Å²) in [6.45, 7) is 10.2. The summed E-state index contributed by atoms with van der Waals surface area (Å²) in [5.74, 6) is 0. The van der Waals surface area contributed by atoms with E-state index in [0.29, 0.717) is 12.1 Å². The number of nitrogens with zero attached hydrogens (tertiary/aromatic N) is 1. The third-order valence-electron chi connectivity index (χ3n) is 4.64. The Hall–Kier alpha value is -0.900. The second kappa shape index (κ2) is 7.39. The van der Waals surface area contributed by atoms with Crippen LogP contribution in [-0.4, -0.2) is 42.3 Å². The maximum absolute atomic E-state index is 9.53. The first-order valence-corrected chi connectivity index (χ1v) is 8.21. The predicted molar refractivity (Wildman–Crippen MR) is 88.3 cm³/mol. The number of hydrogen-bond acceptors (Lipinski definition) is 3. The van der Waals surface area contributed by atoms with Crippen LogP contribution >= 0.6 is 0 Å². The van der Waals surface area contributed by atoms with Crippen LogP contribution in [0.3, 0.4) is 0 Å². The molecule has 1 aromatic carbocycles. The van der Waals surface area contributed by atoms with Gasteiger partial charge in [0.15, 0.2) is 0 Å². The number of likely N-dealkylation sites (tertiary alicyclic amines) is 1. The molecule has 1 heterocycles. The molecule has 1 fully saturated rings. The van der Waals surface area contributed by atoms with Crippen LogP contribution in [0.15, 0.2) is 30.3 Å². The van der Waals surface area contributed by atoms with Crippen LogP contribution in [-0.2, 0) is 0 Å². The van der Waals surface area contributed by atoms with Crippen molar-refractivity contribution in [3.8, 4) is 0 Å². The highest BCUT2D eigenvalue weighted by Crippen LogP contribution is 2.35. The summed E-state index contributed by atoms with van der Waals surface area (Å²) in [4.78, 5) is 2.47. The Morgan fingerprint density at radius 3 is 2.67 bits per heavy atom. The lowest BCUT2D eigenvalue weighted by Crippen LogP contribution is -2.45. The maximum Gasteiger partial charge on any atom is 0.0586 e. The van der Waals surface area contributed by atoms with E-state index in [1.807, 2.05) is 0 Å². The van der Waals surface area contributed by atoms with Crippen molar-refractivity contribution < 1.29 is 5.11 Å². The second-order valence-corrected chi connectivity index (χ2v) is 6.84. The molecule has 3 nitrogen and oxygen atoms in total. The molecule has 2 unspecified atom stereocenters. The van der Waals surface area contributed by atoms with Gasteiger partial charge in [-0.25, -0.2) is 0 Å². The van der Waals surface area contributed by atoms with Crippen LogP contribution in [0.5, 0.6) is 0 Å². The Kier molecular flexibility index (Phi) is 5.80. The van der Waals surface area contributed by atoms with Crippen LogP contribution < -0.4 is 5.32 Å². The predicted octanol–water partition coefficient (Wildman–Crippen LogP) is 2.82. The van der Waals surface area contributed by atoms with Crippen molar-refractivity contribution in [1.82, 2.24) is 10.2 Å². The van der Waals surface area contributed by atoms with Crippen LogP contribution in [0.4, 0.5) is 0 Å². The highest BCUT2D eigenvalue weighted by atomic mass is 16.3. The van der Waals surface area contributed by atoms with Gasteiger partial charge in [0.25, 0.3) is 0 Å². The van der Waals surface area contributed by atoms with Gasteiger partial charge in [-0.15, -0.1) is 0 Å². The van der Waals surface area contributed by atoms with E-state index in [1.165, 1.54) is 12.0 Å². The maximum atomic E-state index is 9.53. The van der Waals surface area contributed by atoms with Gasteiger partial charge in [0.05, 0.1) is 6.61 Å². The van der Waals surface area contributed by atoms with Gasteiger partial charge in [0.2, 0.25) is 0 Å². The molecule has 0 radical (unpaired) electrons. The van der Waals surface area contributed by atoms with E-state index in [-0.39, 0.29) is 12.0 Å². The molecule has 21 heavy (non-hydrogen) atoms. The number of nitrogens with one attached hydrogen (secondary N) is 1. The van der Waals surface area contributed by atoms with Crippen LogP contribution in [0.25, 0.3) is 0 Å². The lowest BCUT2D eigenvalue weighted by molar-refractivity contribution is 0.0960. The largest absolute Gasteiger partial charge is 0.395 e. The van der Waals surface area contributed by atoms with Crippen molar-refractivity contribution in [3.63, 3.8) is 0 Å². The van der Waals surface area contributed by atoms with Crippen molar-refractivity contribution >= 4 is 0 Å². The third kappa shape index (κ3) is 4.06. The summed E-state index contributed by atoms with van der Waals surface area (Å²) in [5, 5.41) is 13.2. The molecule has 2 rings (SSSR count). The van der Waals surface area contributed by atoms with Gasteiger partial charge in [-0.1, -0.05) is 51.1 Å². The van der Waals surface area contributed by atoms with E-state index in [4.69, 9.17) is 0 Å². The Balaban J connectivity index is 2.13. The first kappa shape index (κ1) is 16.5. The number of aliphatic hydroxyl groups is 1. The molecule has 0 amide bonds. The lowest BCUT2D eigenvalue weighted by Gasteiger charge is -2.40. The van der Waals surface area contributed by atoms with Crippen molar-refractivity contribution in [2.45, 2.75) is 45.7 Å². The SMILES string of the molecule is CCNC(c1ccccc1)C(C)(C)CN1CCCC1CO. The quantitative estimate of drug-likeness (QED) is 0.810. The number of rotatable bonds is 7. The van der Waals surface area contributed by atoms with E-state index >= 15 is 0 Å². The van der Waals surface area contributed by atoms with Gasteiger partial charge < -0.3 is 10.4 Å². The number of aliphatic hydroxyl groups excluding tert-OH is 1. The third-order valence-corrected chi connectivity index (χ3v) is 4.64. The molecule has 0 spiro atoms. The normalized spacial score (nSPS) is 21.6. The minimum Gasteiger partial charge on any atom is -0.395 e. The summed E-state index contributed by atoms with van der Waals surface area (Å²) in [5.41, 5.74) is 1.47. The number of hydrogen-bond donors (Lipinski definition) is 2. The molecule has 2 N–H and O–H groups in total. The zero-order valence-electron chi connectivity index (χ0n) is 13.7. The summed E-state index contributed by atoms with van der Waals surface area (Å²) in [6, 6.07) is 11.4. The number of benzene rings is 1. The summed E-state index contributed by atoms with van der Waals surface area (Å²) >= 11 is 0. The molecule has 0 saturated carbocycles. The Morgan fingerprint density at radius 1 is 1.33 bits per heavy atom. The van der Waals surface area contributed by atoms with Gasteiger partial charge in [-0.05, 0) is 36.9 Å². The van der Waals surface area contributed by atoms with E-state index in [0.717, 1.165) is 26.1 Å². The zero-order chi connectivity index (χ0) is 15.3. The van der Waals surface area contributed by atoms with Gasteiger partial charge in [0, 0.05) is 18.6 Å². The van der Waals surface area contributed by atoms with Crippen molar-refractivity contribution in [2.75, 3.05) is 26.2 Å². The summed E-state index contributed by atoms with van der Waals surface area (Å²) in [6.07, 6.45) is 2.34. The fourth-order valence-corrected chi connectivity index (χ4v) is 3.62. The van der Waals surface area contributed by atoms with Crippen LogP contribution in [0.1, 0.15) is 45.2 Å². The minimum atomic E-state index is 0.120. The highest BCUT2D eigenvalue weighted by molar-refractivity contribution is 5.21. The topological polar surface area (TPSA) is 35.5 Å². The molecule has 2 atom stereocenters. The van der Waals surface area contributed by atoms with Crippen LogP contribution in [0.2, 0.25) is 0 Å². The van der Waals surface area contributed by atoms with E-state index < -0.39 is 0 Å². The average Bonchev–Trinajstić information content (AvgIpc) is 2.92. The first-order valence-electron chi connectivity index (χ1n) is 8.21. The standard InChI is InChI=1S/C18H30N2O/c1-4-19-17(15-9-6-5-7-10-15)18(2,3)14-20-12-8-11-16(20)13-21/h5-7,9-10,16-17,19,21H,4,8,11-14H2,1-3H3. The fourth-order valence-electron chi connectivity index (χ4n) is 3.62. The molecule has 1 aliphatic rings. The van der Waals surface area contributed by atoms with Crippen molar-refractivity contribution in [2.24, 2.45) is 5.41 Å². The second-order valence-electron chi connectivity index (χ2n) is 6.84. The molecule has 1 aromatic rings. The molecule has 1 aliphatic heterocycles. The summed E-state index contributed by atoms with van der Waals surface area (Å²) < 4.78 is 0. The van der Waals surface area contributed by atoms with Crippen molar-refractivity contribution in [1.29, 1.82) is 0 Å². The van der Waals surface area contributed by atoms with E-state index in [9.17, 15) is 5.11 Å². The Bertz CT molecular complexity index is 418. The van der Waals surface area contributed by atoms with Gasteiger partial charge in [0.1, 0.15) is 0 Å². The van der Waals surface area contributed by atoms with E-state index in [2.05, 4.69) is 61.3 Å². The molecule has 3 heteroatoms. The highest BCUT2D eigenvalue weighted by Gasteiger charge is 2.35. The first-order chi connectivity index (χ1) is 10.1. The van der Waals surface area contributed by atoms with Gasteiger partial charge in [-0.3, -0.25) is 4.90 Å². The van der Waals surface area contributed by atoms with Crippen LogP contribution in [0, 0.1) is 5.41 Å². The summed E-state index contributed by atoms with van der Waals surface area (Å²) in [7, 11) is 0. The molecule has 0 aliphatic carbocycles. The monoisotopic (exact) mass is 290 g/mol. The molecular formula is C18H30N2O. The van der Waals surface area contributed by atoms with Gasteiger partial charge in [-0.2, -0.15) is 0 Å². The minimum absolute atomic E-state index is 0.120. The van der Waals surface area contributed by atoms with E-state index in [1.54, 1.807) is 0 Å². The molecule has 1 saturated heterocycles. The average molecular weight is 290 g/mol. The Labute approximate surface area is 129 Å². The molecular weight excluding hydrogens is 260 g/mol.